The molecule has 0 radical (unpaired) electrons. The maximum Gasteiger partial charge on any atom is 0 e. The standard InChI is InChI=1S/C18H34ClP.Pd/c19-20(16-10-4-1-5-11-16,17-12-6-2-7-13-17)18-14-8-3-9-15-18;/h16-18,20H,1-15H2;. The third-order valence-electron chi connectivity index (χ3n) is 6.69. The normalized spacial score (nSPS) is 28.0. The summed E-state index contributed by atoms with van der Waals surface area (Å²) in [5.41, 5.74) is 2.93. The van der Waals surface area contributed by atoms with Gasteiger partial charge in [-0.2, -0.15) is 0 Å². The summed E-state index contributed by atoms with van der Waals surface area (Å²) in [6.45, 7) is -1.57. The van der Waals surface area contributed by atoms with Crippen LogP contribution in [0.2, 0.25) is 0 Å². The summed E-state index contributed by atoms with van der Waals surface area (Å²) in [6.07, 6.45) is 22.2. The van der Waals surface area contributed by atoms with E-state index in [1.807, 2.05) is 0 Å². The molecule has 0 atom stereocenters. The van der Waals surface area contributed by atoms with E-state index in [9.17, 15) is 0 Å². The molecule has 3 heteroatoms. The van der Waals surface area contributed by atoms with E-state index >= 15 is 0 Å². The second-order valence-electron chi connectivity index (χ2n) is 7.83. The van der Waals surface area contributed by atoms with Crippen LogP contribution >= 0.6 is 17.9 Å². The molecule has 3 fully saturated rings. The number of hydrogen-bond donors (Lipinski definition) is 0. The van der Waals surface area contributed by atoms with E-state index in [4.69, 9.17) is 11.2 Å². The average molecular weight is 423 g/mol. The maximum atomic E-state index is 7.71. The molecule has 0 saturated heterocycles. The molecule has 0 spiro atoms. The molecule has 3 saturated carbocycles. The monoisotopic (exact) mass is 422 g/mol. The first kappa shape index (κ1) is 18.7. The van der Waals surface area contributed by atoms with Gasteiger partial charge in [0.25, 0.3) is 0 Å². The van der Waals surface area contributed by atoms with Gasteiger partial charge in [0.05, 0.1) is 0 Å². The second-order valence-corrected chi connectivity index (χ2v) is 13.9. The van der Waals surface area contributed by atoms with Gasteiger partial charge in [0, 0.05) is 20.4 Å². The predicted molar refractivity (Wildman–Crippen MR) is 94.8 cm³/mol. The Morgan fingerprint density at radius 3 is 0.952 bits per heavy atom. The van der Waals surface area contributed by atoms with Crippen LogP contribution in [0.25, 0.3) is 0 Å². The molecule has 0 aliphatic heterocycles. The Kier molecular flexibility index (Phi) is 8.04. The van der Waals surface area contributed by atoms with Crippen LogP contribution in [0.5, 0.6) is 0 Å². The van der Waals surface area contributed by atoms with Gasteiger partial charge in [0.1, 0.15) is 0 Å². The molecule has 3 rings (SSSR count). The molecule has 21 heavy (non-hydrogen) atoms. The van der Waals surface area contributed by atoms with E-state index in [1.54, 1.807) is 0 Å². The van der Waals surface area contributed by atoms with Crippen LogP contribution in [0.3, 0.4) is 0 Å². The van der Waals surface area contributed by atoms with Gasteiger partial charge >= 0.3 is 131 Å². The fourth-order valence-corrected chi connectivity index (χ4v) is 13.5. The topological polar surface area (TPSA) is 0 Å². The molecule has 0 aromatic carbocycles. The smallest absolute Gasteiger partial charge is 0 e. The molecule has 128 valence electrons. The summed E-state index contributed by atoms with van der Waals surface area (Å²) >= 11 is 7.71. The zero-order valence-electron chi connectivity index (χ0n) is 13.5. The van der Waals surface area contributed by atoms with Crippen molar-refractivity contribution in [3.05, 3.63) is 0 Å². The molecule has 3 aliphatic rings. The van der Waals surface area contributed by atoms with Crippen molar-refractivity contribution >= 4 is 17.9 Å². The molecular weight excluding hydrogens is 389 g/mol. The molecule has 0 nitrogen and oxygen atoms in total. The minimum absolute atomic E-state index is 0. The second kappa shape index (κ2) is 9.02. The SMILES string of the molecule is Cl[PH](C1CCCCC1)(C1CCCCC1)C1CCCCC1.[Pd]. The molecule has 0 bridgehead atoms. The Labute approximate surface area is 151 Å². The van der Waals surface area contributed by atoms with Crippen LogP contribution in [-0.2, 0) is 20.4 Å². The van der Waals surface area contributed by atoms with Crippen LogP contribution in [0, 0.1) is 0 Å². The Morgan fingerprint density at radius 1 is 0.476 bits per heavy atom. The maximum absolute atomic E-state index is 7.71. The minimum atomic E-state index is -1.57. The van der Waals surface area contributed by atoms with Crippen molar-refractivity contribution in [3.8, 4) is 0 Å². The van der Waals surface area contributed by atoms with Crippen molar-refractivity contribution in [1.29, 1.82) is 0 Å². The zero-order valence-corrected chi connectivity index (χ0v) is 16.8. The number of halogens is 1. The summed E-state index contributed by atoms with van der Waals surface area (Å²) in [4.78, 5) is 0. The van der Waals surface area contributed by atoms with Gasteiger partial charge < -0.3 is 0 Å². The van der Waals surface area contributed by atoms with Gasteiger partial charge in [-0.3, -0.25) is 0 Å². The fraction of sp³-hybridized carbons (Fsp3) is 1.00. The van der Waals surface area contributed by atoms with Gasteiger partial charge in [-0.05, 0) is 0 Å². The predicted octanol–water partition coefficient (Wildman–Crippen LogP) is 6.89. The summed E-state index contributed by atoms with van der Waals surface area (Å²) in [5.74, 6) is 0. The van der Waals surface area contributed by atoms with Crippen LogP contribution in [-0.4, -0.2) is 17.0 Å². The first-order valence-electron chi connectivity index (χ1n) is 9.50. The van der Waals surface area contributed by atoms with Crippen molar-refractivity contribution < 1.29 is 20.4 Å². The average Bonchev–Trinajstić information content (AvgIpc) is 2.56. The van der Waals surface area contributed by atoms with Gasteiger partial charge in [-0.15, -0.1) is 0 Å². The van der Waals surface area contributed by atoms with Gasteiger partial charge in [-0.25, -0.2) is 0 Å². The van der Waals surface area contributed by atoms with E-state index in [-0.39, 0.29) is 20.4 Å². The quantitative estimate of drug-likeness (QED) is 0.343. The van der Waals surface area contributed by atoms with E-state index < -0.39 is 6.62 Å². The Balaban J connectivity index is 0.00000161. The van der Waals surface area contributed by atoms with E-state index in [1.165, 1.54) is 96.3 Å². The van der Waals surface area contributed by atoms with Crippen molar-refractivity contribution in [2.75, 3.05) is 0 Å². The van der Waals surface area contributed by atoms with Crippen LogP contribution in [0.1, 0.15) is 96.3 Å². The summed E-state index contributed by atoms with van der Waals surface area (Å²) in [6, 6.07) is 0. The molecule has 0 aromatic rings. The summed E-state index contributed by atoms with van der Waals surface area (Å²) < 4.78 is 0. The Hall–Kier alpha value is 1.38. The molecular formula is C18H34ClPPd. The third kappa shape index (κ3) is 4.27. The van der Waals surface area contributed by atoms with Crippen LogP contribution in [0.15, 0.2) is 0 Å². The molecule has 0 amide bonds. The largest absolute Gasteiger partial charge is 0 e. The Bertz CT molecular complexity index is 246. The number of rotatable bonds is 3. The van der Waals surface area contributed by atoms with Crippen LogP contribution < -0.4 is 0 Å². The van der Waals surface area contributed by atoms with Crippen molar-refractivity contribution in [2.45, 2.75) is 113 Å². The van der Waals surface area contributed by atoms with E-state index in [2.05, 4.69) is 0 Å². The summed E-state index contributed by atoms with van der Waals surface area (Å²) in [5, 5.41) is 0. The summed E-state index contributed by atoms with van der Waals surface area (Å²) in [7, 11) is 0. The number of hydrogen-bond acceptors (Lipinski definition) is 0. The fourth-order valence-electron chi connectivity index (χ4n) is 5.64. The van der Waals surface area contributed by atoms with Gasteiger partial charge in [0.15, 0.2) is 0 Å². The minimum Gasteiger partial charge on any atom is 0 e. The molecule has 3 aliphatic carbocycles. The molecule has 0 heterocycles. The van der Waals surface area contributed by atoms with Crippen LogP contribution in [0.4, 0.5) is 0 Å². The first-order valence-corrected chi connectivity index (χ1v) is 12.7. The van der Waals surface area contributed by atoms with Crippen molar-refractivity contribution in [1.82, 2.24) is 0 Å². The van der Waals surface area contributed by atoms with Gasteiger partial charge in [-0.1, -0.05) is 0 Å². The molecule has 0 aromatic heterocycles. The van der Waals surface area contributed by atoms with E-state index in [0.717, 1.165) is 17.0 Å². The first-order chi connectivity index (χ1) is 9.82. The van der Waals surface area contributed by atoms with Crippen molar-refractivity contribution in [3.63, 3.8) is 0 Å². The molecule has 0 unspecified atom stereocenters. The van der Waals surface area contributed by atoms with E-state index in [0.29, 0.717) is 0 Å². The van der Waals surface area contributed by atoms with Crippen molar-refractivity contribution in [2.24, 2.45) is 0 Å². The van der Waals surface area contributed by atoms with Gasteiger partial charge in [0.2, 0.25) is 0 Å². The third-order valence-corrected chi connectivity index (χ3v) is 15.0. The Morgan fingerprint density at radius 2 is 0.714 bits per heavy atom. The molecule has 0 N–H and O–H groups in total. The zero-order chi connectivity index (χ0) is 13.8.